The van der Waals surface area contributed by atoms with Crippen molar-refractivity contribution in [3.63, 3.8) is 0 Å². The van der Waals surface area contributed by atoms with Gasteiger partial charge in [-0.25, -0.2) is 13.8 Å². The van der Waals surface area contributed by atoms with E-state index in [0.29, 0.717) is 0 Å². The van der Waals surface area contributed by atoms with Gasteiger partial charge in [0.25, 0.3) is 6.43 Å². The van der Waals surface area contributed by atoms with Crippen LogP contribution in [0.5, 0.6) is 11.6 Å². The SMILES string of the molecule is COc1c(I)cnc(OC(F)(F)F)c1C(F)F. The topological polar surface area (TPSA) is 31.4 Å². The minimum Gasteiger partial charge on any atom is -0.495 e. The highest BCUT2D eigenvalue weighted by atomic mass is 127. The summed E-state index contributed by atoms with van der Waals surface area (Å²) < 4.78 is 69.4. The van der Waals surface area contributed by atoms with Gasteiger partial charge in [0.1, 0.15) is 11.3 Å². The van der Waals surface area contributed by atoms with Crippen LogP contribution < -0.4 is 9.47 Å². The van der Waals surface area contributed by atoms with E-state index in [2.05, 4.69) is 14.5 Å². The van der Waals surface area contributed by atoms with Gasteiger partial charge in [0, 0.05) is 6.20 Å². The fourth-order valence-electron chi connectivity index (χ4n) is 1.06. The Morgan fingerprint density at radius 3 is 2.35 bits per heavy atom. The molecule has 1 aromatic heterocycles. The minimum atomic E-state index is -5.09. The Morgan fingerprint density at radius 1 is 1.35 bits per heavy atom. The minimum absolute atomic E-state index is 0.162. The summed E-state index contributed by atoms with van der Waals surface area (Å²) >= 11 is 1.62. The molecule has 1 rings (SSSR count). The van der Waals surface area contributed by atoms with Crippen LogP contribution in [0.2, 0.25) is 0 Å². The largest absolute Gasteiger partial charge is 0.574 e. The zero-order valence-corrected chi connectivity index (χ0v) is 10.3. The van der Waals surface area contributed by atoms with E-state index in [0.717, 1.165) is 13.3 Å². The molecule has 0 N–H and O–H groups in total. The summed E-state index contributed by atoms with van der Waals surface area (Å²) in [5.41, 5.74) is -1.02. The van der Waals surface area contributed by atoms with Gasteiger partial charge in [-0.2, -0.15) is 0 Å². The molecule has 0 saturated carbocycles. The molecule has 0 bridgehead atoms. The summed E-state index contributed by atoms with van der Waals surface area (Å²) in [7, 11) is 1.07. The number of nitrogens with zero attached hydrogens (tertiary/aromatic N) is 1. The molecule has 0 amide bonds. The highest BCUT2D eigenvalue weighted by Gasteiger charge is 2.35. The molecule has 17 heavy (non-hydrogen) atoms. The van der Waals surface area contributed by atoms with E-state index in [4.69, 9.17) is 0 Å². The second-order valence-electron chi connectivity index (χ2n) is 2.71. The molecule has 96 valence electrons. The lowest BCUT2D eigenvalue weighted by Gasteiger charge is -2.15. The average Bonchev–Trinajstić information content (AvgIpc) is 2.17. The lowest BCUT2D eigenvalue weighted by atomic mass is 10.2. The monoisotopic (exact) mass is 369 g/mol. The van der Waals surface area contributed by atoms with Crippen molar-refractivity contribution in [3.8, 4) is 11.6 Å². The fourth-order valence-corrected chi connectivity index (χ4v) is 1.71. The van der Waals surface area contributed by atoms with Crippen molar-refractivity contribution in [3.05, 3.63) is 15.3 Å². The third-order valence-corrected chi connectivity index (χ3v) is 2.39. The van der Waals surface area contributed by atoms with Crippen molar-refractivity contribution >= 4 is 22.6 Å². The fraction of sp³-hybridized carbons (Fsp3) is 0.375. The van der Waals surface area contributed by atoms with Crippen LogP contribution in [-0.2, 0) is 0 Å². The molecule has 0 aliphatic rings. The lowest BCUT2D eigenvalue weighted by molar-refractivity contribution is -0.276. The van der Waals surface area contributed by atoms with Crippen LogP contribution in [0.25, 0.3) is 0 Å². The van der Waals surface area contributed by atoms with E-state index in [9.17, 15) is 22.0 Å². The predicted molar refractivity (Wildman–Crippen MR) is 55.1 cm³/mol. The molecule has 1 heterocycles. The van der Waals surface area contributed by atoms with Crippen molar-refractivity contribution in [1.82, 2.24) is 4.98 Å². The van der Waals surface area contributed by atoms with Gasteiger partial charge in [0.15, 0.2) is 0 Å². The van der Waals surface area contributed by atoms with E-state index < -0.39 is 24.2 Å². The summed E-state index contributed by atoms with van der Waals surface area (Å²) in [5, 5.41) is 0. The second kappa shape index (κ2) is 5.19. The first-order valence-corrected chi connectivity index (χ1v) is 5.10. The van der Waals surface area contributed by atoms with Crippen LogP contribution >= 0.6 is 22.6 Å². The maximum atomic E-state index is 12.7. The zero-order chi connectivity index (χ0) is 13.2. The van der Waals surface area contributed by atoms with Crippen molar-refractivity contribution < 1.29 is 31.4 Å². The molecule has 0 unspecified atom stereocenters. The normalized spacial score (nSPS) is 11.8. The van der Waals surface area contributed by atoms with Crippen LogP contribution in [0.3, 0.4) is 0 Å². The van der Waals surface area contributed by atoms with Gasteiger partial charge < -0.3 is 9.47 Å². The molecule has 0 aliphatic carbocycles. The second-order valence-corrected chi connectivity index (χ2v) is 3.87. The molecule has 0 saturated heterocycles. The van der Waals surface area contributed by atoms with Crippen LogP contribution in [0.1, 0.15) is 12.0 Å². The van der Waals surface area contributed by atoms with E-state index in [1.54, 1.807) is 22.6 Å². The molecule has 0 spiro atoms. The molecule has 9 heteroatoms. The molecule has 0 aromatic carbocycles. The van der Waals surface area contributed by atoms with Crippen LogP contribution in [0.4, 0.5) is 22.0 Å². The number of methoxy groups -OCH3 is 1. The van der Waals surface area contributed by atoms with Crippen molar-refractivity contribution in [2.45, 2.75) is 12.8 Å². The predicted octanol–water partition coefficient (Wildman–Crippen LogP) is 3.53. The number of rotatable bonds is 3. The standard InChI is InChI=1S/C8H5F5INO2/c1-16-5-3(14)2-15-7(4(5)6(9)10)17-8(11,12)13/h2,6H,1H3. The van der Waals surface area contributed by atoms with Crippen molar-refractivity contribution in [1.29, 1.82) is 0 Å². The Bertz CT molecular complexity index is 410. The number of hydrogen-bond acceptors (Lipinski definition) is 3. The van der Waals surface area contributed by atoms with Crippen LogP contribution in [0, 0.1) is 3.57 Å². The molecule has 3 nitrogen and oxygen atoms in total. The Labute approximate surface area is 106 Å². The van der Waals surface area contributed by atoms with E-state index in [1.165, 1.54) is 0 Å². The summed E-state index contributed by atoms with van der Waals surface area (Å²) in [5.74, 6) is -1.58. The summed E-state index contributed by atoms with van der Waals surface area (Å²) in [6.07, 6.45) is -7.33. The summed E-state index contributed by atoms with van der Waals surface area (Å²) in [6, 6.07) is 0. The molecule has 1 aromatic rings. The number of alkyl halides is 5. The quantitative estimate of drug-likeness (QED) is 0.604. The molecule has 0 fully saturated rings. The van der Waals surface area contributed by atoms with Gasteiger partial charge in [-0.05, 0) is 22.6 Å². The first-order chi connectivity index (χ1) is 7.76. The van der Waals surface area contributed by atoms with Crippen LogP contribution in [0.15, 0.2) is 6.20 Å². The lowest BCUT2D eigenvalue weighted by Crippen LogP contribution is -2.19. The van der Waals surface area contributed by atoms with E-state index >= 15 is 0 Å². The Morgan fingerprint density at radius 2 is 1.94 bits per heavy atom. The van der Waals surface area contributed by atoms with E-state index in [-0.39, 0.29) is 9.32 Å². The Hall–Kier alpha value is -0.870. The number of halogens is 6. The van der Waals surface area contributed by atoms with Crippen molar-refractivity contribution in [2.75, 3.05) is 7.11 Å². The number of aromatic nitrogens is 1. The Kier molecular flexibility index (Phi) is 4.33. The van der Waals surface area contributed by atoms with Gasteiger partial charge in [-0.3, -0.25) is 0 Å². The summed E-state index contributed by atoms with van der Waals surface area (Å²) in [6.45, 7) is 0. The number of pyridine rings is 1. The first-order valence-electron chi connectivity index (χ1n) is 4.02. The van der Waals surface area contributed by atoms with Crippen molar-refractivity contribution in [2.24, 2.45) is 0 Å². The molecule has 0 atom stereocenters. The molecular weight excluding hydrogens is 364 g/mol. The third kappa shape index (κ3) is 3.54. The van der Waals surface area contributed by atoms with Gasteiger partial charge in [0.2, 0.25) is 5.88 Å². The highest BCUT2D eigenvalue weighted by Crippen LogP contribution is 2.39. The molecular formula is C8H5F5INO2. The van der Waals surface area contributed by atoms with Gasteiger partial charge >= 0.3 is 6.36 Å². The maximum absolute atomic E-state index is 12.7. The Balaban J connectivity index is 3.30. The molecule has 0 aliphatic heterocycles. The van der Waals surface area contributed by atoms with Gasteiger partial charge in [-0.15, -0.1) is 13.2 Å². The maximum Gasteiger partial charge on any atom is 0.574 e. The van der Waals surface area contributed by atoms with Gasteiger partial charge in [-0.1, -0.05) is 0 Å². The molecule has 0 radical (unpaired) electrons. The highest BCUT2D eigenvalue weighted by molar-refractivity contribution is 14.1. The van der Waals surface area contributed by atoms with E-state index in [1.807, 2.05) is 0 Å². The first kappa shape index (κ1) is 14.2. The number of hydrogen-bond donors (Lipinski definition) is 0. The van der Waals surface area contributed by atoms with Crippen LogP contribution in [-0.4, -0.2) is 18.5 Å². The third-order valence-electron chi connectivity index (χ3n) is 1.62. The van der Waals surface area contributed by atoms with Gasteiger partial charge in [0.05, 0.1) is 10.7 Å². The number of ether oxygens (including phenoxy) is 2. The summed E-state index contributed by atoms with van der Waals surface area (Å²) in [4.78, 5) is 3.18. The average molecular weight is 369 g/mol. The zero-order valence-electron chi connectivity index (χ0n) is 8.19. The smallest absolute Gasteiger partial charge is 0.495 e.